The molecule has 0 amide bonds. The number of benzene rings is 2. The molecule has 2 unspecified atom stereocenters. The number of aromatic nitrogens is 1. The van der Waals surface area contributed by atoms with Crippen molar-refractivity contribution in [2.45, 2.75) is 18.6 Å². The van der Waals surface area contributed by atoms with Gasteiger partial charge in [-0.15, -0.1) is 0 Å². The lowest BCUT2D eigenvalue weighted by molar-refractivity contribution is 0.0913. The maximum Gasteiger partial charge on any atom is 0.0872 e. The highest BCUT2D eigenvalue weighted by Gasteiger charge is 2.27. The molecule has 102 valence electrons. The van der Waals surface area contributed by atoms with Gasteiger partial charge in [0.25, 0.3) is 0 Å². The molecule has 2 aromatic carbocycles. The molecule has 2 atom stereocenters. The summed E-state index contributed by atoms with van der Waals surface area (Å²) in [4.78, 5) is 0. The second kappa shape index (κ2) is 4.62. The molecule has 0 saturated carbocycles. The molecule has 20 heavy (non-hydrogen) atoms. The Kier molecular flexibility index (Phi) is 2.76. The zero-order valence-electron chi connectivity index (χ0n) is 11.3. The lowest BCUT2D eigenvalue weighted by Gasteiger charge is -2.31. The molecule has 0 bridgehead atoms. The van der Waals surface area contributed by atoms with Crippen LogP contribution in [0.15, 0.2) is 48.5 Å². The van der Waals surface area contributed by atoms with Crippen molar-refractivity contribution in [3.8, 4) is 0 Å². The van der Waals surface area contributed by atoms with Crippen LogP contribution in [0, 0.1) is 0 Å². The first-order valence-electron chi connectivity index (χ1n) is 7.23. The third-order valence-electron chi connectivity index (χ3n) is 4.36. The van der Waals surface area contributed by atoms with Gasteiger partial charge in [-0.1, -0.05) is 36.4 Å². The van der Waals surface area contributed by atoms with Crippen LogP contribution in [0.1, 0.15) is 12.5 Å². The number of nitrogens with zero attached hydrogens (tertiary/aromatic N) is 1. The first-order valence-corrected chi connectivity index (χ1v) is 7.23. The van der Waals surface area contributed by atoms with E-state index in [4.69, 9.17) is 0 Å². The van der Waals surface area contributed by atoms with Gasteiger partial charge < -0.3 is 15.0 Å². The maximum atomic E-state index is 10.4. The van der Waals surface area contributed by atoms with E-state index in [2.05, 4.69) is 58.4 Å². The van der Waals surface area contributed by atoms with Gasteiger partial charge in [0, 0.05) is 28.4 Å². The van der Waals surface area contributed by atoms with E-state index in [0.29, 0.717) is 6.54 Å². The van der Waals surface area contributed by atoms with E-state index in [1.54, 1.807) is 0 Å². The molecule has 2 N–H and O–H groups in total. The van der Waals surface area contributed by atoms with E-state index < -0.39 is 0 Å². The summed E-state index contributed by atoms with van der Waals surface area (Å²) >= 11 is 0. The fourth-order valence-corrected chi connectivity index (χ4v) is 3.44. The quantitative estimate of drug-likeness (QED) is 0.710. The second-order valence-corrected chi connectivity index (χ2v) is 5.53. The Morgan fingerprint density at radius 1 is 0.950 bits per heavy atom. The highest BCUT2D eigenvalue weighted by Crippen LogP contribution is 2.34. The Morgan fingerprint density at radius 2 is 1.55 bits per heavy atom. The molecule has 1 aliphatic rings. The van der Waals surface area contributed by atoms with Gasteiger partial charge in [0.1, 0.15) is 0 Å². The van der Waals surface area contributed by atoms with E-state index in [-0.39, 0.29) is 12.1 Å². The molecular weight excluding hydrogens is 248 g/mol. The number of aliphatic hydroxyl groups excluding tert-OH is 1. The van der Waals surface area contributed by atoms with Gasteiger partial charge in [0.15, 0.2) is 0 Å². The first kappa shape index (κ1) is 11.9. The molecule has 1 aliphatic heterocycles. The van der Waals surface area contributed by atoms with Crippen LogP contribution in [0.3, 0.4) is 0 Å². The van der Waals surface area contributed by atoms with Crippen LogP contribution in [-0.4, -0.2) is 28.9 Å². The van der Waals surface area contributed by atoms with E-state index in [1.807, 2.05) is 0 Å². The fraction of sp³-hybridized carbons (Fsp3) is 0.294. The Morgan fingerprint density at radius 3 is 2.15 bits per heavy atom. The fourth-order valence-electron chi connectivity index (χ4n) is 3.44. The first-order chi connectivity index (χ1) is 9.86. The number of hydrogen-bond donors (Lipinski definition) is 2. The van der Waals surface area contributed by atoms with Gasteiger partial charge in [0.2, 0.25) is 0 Å². The number of hydrogen-bond acceptors (Lipinski definition) is 2. The van der Waals surface area contributed by atoms with Gasteiger partial charge in [0.05, 0.1) is 12.1 Å². The van der Waals surface area contributed by atoms with Gasteiger partial charge in [-0.2, -0.15) is 0 Å². The summed E-state index contributed by atoms with van der Waals surface area (Å²) in [6.07, 6.45) is 0.632. The minimum Gasteiger partial charge on any atom is -0.390 e. The van der Waals surface area contributed by atoms with Crippen molar-refractivity contribution < 1.29 is 5.11 Å². The normalized spacial score (nSPS) is 23.4. The number of para-hydroxylation sites is 2. The molecule has 0 radical (unpaired) electrons. The minimum absolute atomic E-state index is 0.154. The lowest BCUT2D eigenvalue weighted by Crippen LogP contribution is -2.41. The SMILES string of the molecule is OC1CNCCC1n1c2ccccc2c2ccccc21. The van der Waals surface area contributed by atoms with E-state index in [0.717, 1.165) is 13.0 Å². The van der Waals surface area contributed by atoms with Crippen molar-refractivity contribution in [3.05, 3.63) is 48.5 Å². The van der Waals surface area contributed by atoms with Gasteiger partial charge in [-0.3, -0.25) is 0 Å². The van der Waals surface area contributed by atoms with Crippen molar-refractivity contribution in [3.63, 3.8) is 0 Å². The molecule has 1 fully saturated rings. The van der Waals surface area contributed by atoms with Crippen molar-refractivity contribution >= 4 is 21.8 Å². The average molecular weight is 266 g/mol. The highest BCUT2D eigenvalue weighted by molar-refractivity contribution is 6.08. The number of nitrogens with one attached hydrogen (secondary N) is 1. The van der Waals surface area contributed by atoms with Gasteiger partial charge >= 0.3 is 0 Å². The summed E-state index contributed by atoms with van der Waals surface area (Å²) < 4.78 is 2.33. The Labute approximate surface area is 117 Å². The summed E-state index contributed by atoms with van der Waals surface area (Å²) in [5.74, 6) is 0. The van der Waals surface area contributed by atoms with Crippen LogP contribution in [-0.2, 0) is 0 Å². The van der Waals surface area contributed by atoms with Crippen LogP contribution >= 0.6 is 0 Å². The number of rotatable bonds is 1. The average Bonchev–Trinajstić information content (AvgIpc) is 2.83. The third kappa shape index (κ3) is 1.67. The summed E-state index contributed by atoms with van der Waals surface area (Å²) in [6.45, 7) is 1.63. The van der Waals surface area contributed by atoms with Gasteiger partial charge in [-0.05, 0) is 25.1 Å². The molecule has 1 saturated heterocycles. The molecule has 0 aliphatic carbocycles. The topological polar surface area (TPSA) is 37.2 Å². The zero-order valence-corrected chi connectivity index (χ0v) is 11.3. The number of aliphatic hydroxyl groups is 1. The Balaban J connectivity index is 2.04. The van der Waals surface area contributed by atoms with Gasteiger partial charge in [-0.25, -0.2) is 0 Å². The zero-order chi connectivity index (χ0) is 13.5. The number of piperidine rings is 1. The standard InChI is InChI=1S/C17H18N2O/c20-17-11-18-10-9-16(17)19-14-7-3-1-5-12(14)13-6-2-4-8-15(13)19/h1-8,16-18,20H,9-11H2. The predicted octanol–water partition coefficient (Wildman–Crippen LogP) is 2.69. The van der Waals surface area contributed by atoms with Crippen molar-refractivity contribution in [2.75, 3.05) is 13.1 Å². The Hall–Kier alpha value is -1.84. The van der Waals surface area contributed by atoms with Crippen molar-refractivity contribution in [1.29, 1.82) is 0 Å². The summed E-state index contributed by atoms with van der Waals surface area (Å²) in [5, 5.41) is 16.2. The highest BCUT2D eigenvalue weighted by atomic mass is 16.3. The van der Waals surface area contributed by atoms with Crippen molar-refractivity contribution in [2.24, 2.45) is 0 Å². The van der Waals surface area contributed by atoms with E-state index >= 15 is 0 Å². The summed E-state index contributed by atoms with van der Waals surface area (Å²) in [5.41, 5.74) is 2.44. The molecule has 3 aromatic rings. The van der Waals surface area contributed by atoms with Crippen LogP contribution in [0.4, 0.5) is 0 Å². The second-order valence-electron chi connectivity index (χ2n) is 5.53. The van der Waals surface area contributed by atoms with E-state index in [9.17, 15) is 5.11 Å². The monoisotopic (exact) mass is 266 g/mol. The maximum absolute atomic E-state index is 10.4. The third-order valence-corrected chi connectivity index (χ3v) is 4.36. The lowest BCUT2D eigenvalue weighted by atomic mass is 10.0. The molecular formula is C17H18N2O. The Bertz CT molecular complexity index is 709. The van der Waals surface area contributed by atoms with Crippen molar-refractivity contribution in [1.82, 2.24) is 9.88 Å². The number of β-amino-alcohol motifs (C(OH)–C–C–N with tert-alkyl or cyclic N) is 1. The molecule has 2 heterocycles. The van der Waals surface area contributed by atoms with Crippen LogP contribution < -0.4 is 5.32 Å². The molecule has 3 heteroatoms. The number of fused-ring (bicyclic) bond motifs is 3. The smallest absolute Gasteiger partial charge is 0.0872 e. The van der Waals surface area contributed by atoms with E-state index in [1.165, 1.54) is 21.8 Å². The summed E-state index contributed by atoms with van der Waals surface area (Å²) in [7, 11) is 0. The predicted molar refractivity (Wildman–Crippen MR) is 82.0 cm³/mol. The molecule has 1 aromatic heterocycles. The molecule has 3 nitrogen and oxygen atoms in total. The largest absolute Gasteiger partial charge is 0.390 e. The van der Waals surface area contributed by atoms with Crippen LogP contribution in [0.2, 0.25) is 0 Å². The molecule has 0 spiro atoms. The van der Waals surface area contributed by atoms with Crippen LogP contribution in [0.25, 0.3) is 21.8 Å². The molecule has 4 rings (SSSR count). The summed E-state index contributed by atoms with van der Waals surface area (Å²) in [6, 6.07) is 17.1. The minimum atomic E-state index is -0.331. The van der Waals surface area contributed by atoms with Crippen LogP contribution in [0.5, 0.6) is 0 Å².